The Morgan fingerprint density at radius 1 is 0.919 bits per heavy atom. The lowest BCUT2D eigenvalue weighted by atomic mass is 9.99. The minimum Gasteiger partial charge on any atom is -0.480 e. The quantitative estimate of drug-likeness (QED) is 0.246. The van der Waals surface area contributed by atoms with E-state index in [-0.39, 0.29) is 16.8 Å². The van der Waals surface area contributed by atoms with E-state index in [2.05, 4.69) is 11.8 Å². The lowest BCUT2D eigenvalue weighted by Crippen LogP contribution is -2.32. The number of hydrogen-bond donors (Lipinski definition) is 1. The number of benzene rings is 1. The molecule has 8 heteroatoms. The first-order valence-corrected chi connectivity index (χ1v) is 12.9. The summed E-state index contributed by atoms with van der Waals surface area (Å²) in [5, 5.41) is 37.6. The smallest absolute Gasteiger partial charge is 0.323 e. The van der Waals surface area contributed by atoms with Crippen molar-refractivity contribution in [2.45, 2.75) is 71.1 Å². The van der Waals surface area contributed by atoms with Crippen LogP contribution in [0.4, 0.5) is 5.69 Å². The Hall–Kier alpha value is -4.09. The number of carbonyl (C=O) groups excluding carboxylic acids is 1. The van der Waals surface area contributed by atoms with E-state index in [1.165, 1.54) is 57.8 Å². The van der Waals surface area contributed by atoms with E-state index in [1.54, 1.807) is 24.3 Å². The highest BCUT2D eigenvalue weighted by Gasteiger charge is 2.39. The van der Waals surface area contributed by atoms with E-state index < -0.39 is 24.0 Å². The summed E-state index contributed by atoms with van der Waals surface area (Å²) >= 11 is 0. The van der Waals surface area contributed by atoms with Crippen LogP contribution in [0.25, 0.3) is 5.57 Å². The van der Waals surface area contributed by atoms with Gasteiger partial charge in [-0.05, 0) is 24.1 Å². The number of aliphatic carboxylic acids is 1. The summed E-state index contributed by atoms with van der Waals surface area (Å²) in [7, 11) is 2.00. The van der Waals surface area contributed by atoms with Crippen molar-refractivity contribution in [2.75, 3.05) is 25.0 Å². The number of rotatable bonds is 15. The van der Waals surface area contributed by atoms with E-state index in [4.69, 9.17) is 0 Å². The number of carbonyl (C=O) groups is 2. The molecule has 0 saturated carbocycles. The molecule has 2 rings (SSSR count). The van der Waals surface area contributed by atoms with Crippen molar-refractivity contribution in [3.8, 4) is 18.2 Å². The van der Waals surface area contributed by atoms with Gasteiger partial charge in [0.05, 0.1) is 16.8 Å². The summed E-state index contributed by atoms with van der Waals surface area (Å²) in [6.07, 6.45) is 12.7. The highest BCUT2D eigenvalue weighted by Crippen LogP contribution is 2.37. The number of nitriles is 3. The Balaban J connectivity index is 2.04. The van der Waals surface area contributed by atoms with Crippen LogP contribution in [0.2, 0.25) is 0 Å². The van der Waals surface area contributed by atoms with Gasteiger partial charge < -0.3 is 10.0 Å². The molecule has 1 amide bonds. The molecule has 0 radical (unpaired) electrons. The van der Waals surface area contributed by atoms with Gasteiger partial charge >= 0.3 is 5.97 Å². The standard InChI is InChI=1S/C29H35N5O3/c1-3-4-5-6-7-8-9-10-11-12-17-33(2)24-15-13-22(14-16-24)27-25(20-32)28(23(18-30)19-31)34(29(27)37)21-26(35)36/h13-16H,3-12,17,21H2,1-2H3,(H,35,36). The van der Waals surface area contributed by atoms with Crippen LogP contribution >= 0.6 is 0 Å². The van der Waals surface area contributed by atoms with Gasteiger partial charge in [0.1, 0.15) is 24.8 Å². The molecule has 8 nitrogen and oxygen atoms in total. The highest BCUT2D eigenvalue weighted by molar-refractivity contribution is 6.26. The molecule has 0 spiro atoms. The first-order chi connectivity index (χ1) is 17.9. The molecule has 0 aromatic heterocycles. The molecule has 0 unspecified atom stereocenters. The van der Waals surface area contributed by atoms with Crippen LogP contribution in [0, 0.1) is 34.0 Å². The third kappa shape index (κ3) is 7.95. The highest BCUT2D eigenvalue weighted by atomic mass is 16.4. The Labute approximate surface area is 219 Å². The number of hydrogen-bond acceptors (Lipinski definition) is 6. The van der Waals surface area contributed by atoms with Gasteiger partial charge in [-0.15, -0.1) is 0 Å². The molecule has 194 valence electrons. The minimum atomic E-state index is -1.32. The predicted molar refractivity (Wildman–Crippen MR) is 142 cm³/mol. The molecule has 1 aromatic carbocycles. The van der Waals surface area contributed by atoms with Crippen LogP contribution in [-0.4, -0.2) is 42.0 Å². The van der Waals surface area contributed by atoms with E-state index in [0.717, 1.165) is 23.6 Å². The molecule has 1 aromatic rings. The second-order valence-electron chi connectivity index (χ2n) is 9.24. The van der Waals surface area contributed by atoms with Crippen LogP contribution in [0.5, 0.6) is 0 Å². The summed E-state index contributed by atoms with van der Waals surface area (Å²) in [6, 6.07) is 12.3. The van der Waals surface area contributed by atoms with E-state index >= 15 is 0 Å². The zero-order valence-electron chi connectivity index (χ0n) is 21.8. The second kappa shape index (κ2) is 15.1. The fourth-order valence-electron chi connectivity index (χ4n) is 4.50. The van der Waals surface area contributed by atoms with Gasteiger partial charge in [0.25, 0.3) is 5.91 Å². The van der Waals surface area contributed by atoms with Gasteiger partial charge in [-0.3, -0.25) is 14.5 Å². The molecule has 1 aliphatic rings. The van der Waals surface area contributed by atoms with Crippen molar-refractivity contribution in [1.82, 2.24) is 4.90 Å². The molecule has 0 atom stereocenters. The molecule has 0 aliphatic carbocycles. The molecule has 37 heavy (non-hydrogen) atoms. The number of unbranched alkanes of at least 4 members (excludes halogenated alkanes) is 9. The number of amides is 1. The molecule has 1 N–H and O–H groups in total. The maximum absolute atomic E-state index is 13.1. The Morgan fingerprint density at radius 2 is 1.46 bits per heavy atom. The molecule has 1 heterocycles. The van der Waals surface area contributed by atoms with E-state index in [9.17, 15) is 30.5 Å². The van der Waals surface area contributed by atoms with Crippen LogP contribution in [0.15, 0.2) is 41.1 Å². The van der Waals surface area contributed by atoms with Crippen LogP contribution in [0.3, 0.4) is 0 Å². The predicted octanol–water partition coefficient (Wildman–Crippen LogP) is 5.55. The van der Waals surface area contributed by atoms with Gasteiger partial charge in [0.2, 0.25) is 0 Å². The number of anilines is 1. The second-order valence-corrected chi connectivity index (χ2v) is 9.24. The largest absolute Gasteiger partial charge is 0.480 e. The van der Waals surface area contributed by atoms with Gasteiger partial charge in [0, 0.05) is 19.3 Å². The first-order valence-electron chi connectivity index (χ1n) is 12.9. The van der Waals surface area contributed by atoms with Crippen molar-refractivity contribution < 1.29 is 14.7 Å². The summed E-state index contributed by atoms with van der Waals surface area (Å²) in [6.45, 7) is 2.38. The number of carboxylic acid groups (broad SMARTS) is 1. The van der Waals surface area contributed by atoms with Crippen molar-refractivity contribution in [2.24, 2.45) is 0 Å². The van der Waals surface area contributed by atoms with Crippen molar-refractivity contribution in [1.29, 1.82) is 15.8 Å². The van der Waals surface area contributed by atoms with Crippen LogP contribution in [0.1, 0.15) is 76.7 Å². The topological polar surface area (TPSA) is 132 Å². The fraction of sp³-hybridized carbons (Fsp3) is 0.483. The van der Waals surface area contributed by atoms with E-state index in [1.807, 2.05) is 25.2 Å². The summed E-state index contributed by atoms with van der Waals surface area (Å²) < 4.78 is 0. The van der Waals surface area contributed by atoms with Crippen LogP contribution in [-0.2, 0) is 9.59 Å². The minimum absolute atomic E-state index is 0.00866. The van der Waals surface area contributed by atoms with E-state index in [0.29, 0.717) is 5.56 Å². The van der Waals surface area contributed by atoms with Crippen LogP contribution < -0.4 is 4.90 Å². The zero-order chi connectivity index (χ0) is 27.2. The third-order valence-corrected chi connectivity index (χ3v) is 6.53. The fourth-order valence-corrected chi connectivity index (χ4v) is 4.50. The average Bonchev–Trinajstić information content (AvgIpc) is 3.16. The normalized spacial score (nSPS) is 12.8. The molecular formula is C29H35N5O3. The Kier molecular flexibility index (Phi) is 11.9. The summed E-state index contributed by atoms with van der Waals surface area (Å²) in [4.78, 5) is 27.3. The molecular weight excluding hydrogens is 466 g/mol. The lowest BCUT2D eigenvalue weighted by molar-refractivity contribution is -0.141. The van der Waals surface area contributed by atoms with Gasteiger partial charge in [-0.2, -0.15) is 15.8 Å². The van der Waals surface area contributed by atoms with Gasteiger partial charge in [0.15, 0.2) is 5.57 Å². The summed E-state index contributed by atoms with van der Waals surface area (Å²) in [5.74, 6) is -2.04. The molecule has 0 fully saturated rings. The first kappa shape index (κ1) is 29.1. The summed E-state index contributed by atoms with van der Waals surface area (Å²) in [5.41, 5.74) is 0.475. The molecule has 0 bridgehead atoms. The molecule has 1 aliphatic heterocycles. The van der Waals surface area contributed by atoms with Gasteiger partial charge in [-0.25, -0.2) is 0 Å². The van der Waals surface area contributed by atoms with Crippen molar-refractivity contribution >= 4 is 23.1 Å². The zero-order valence-corrected chi connectivity index (χ0v) is 21.8. The van der Waals surface area contributed by atoms with Gasteiger partial charge in [-0.1, -0.05) is 76.8 Å². The Bertz CT molecular complexity index is 1130. The van der Waals surface area contributed by atoms with Crippen molar-refractivity contribution in [3.63, 3.8) is 0 Å². The average molecular weight is 502 g/mol. The van der Waals surface area contributed by atoms with Crippen molar-refractivity contribution in [3.05, 3.63) is 46.7 Å². The Morgan fingerprint density at radius 3 is 1.95 bits per heavy atom. The number of nitrogens with zero attached hydrogens (tertiary/aromatic N) is 5. The SMILES string of the molecule is CCCCCCCCCCCCN(C)c1ccc(C2=C(C#N)C(=C(C#N)C#N)N(CC(=O)O)C2=O)cc1. The lowest BCUT2D eigenvalue weighted by Gasteiger charge is -2.20. The monoisotopic (exact) mass is 501 g/mol. The number of carboxylic acids is 1. The number of allylic oxidation sites excluding steroid dienone is 2. The maximum atomic E-state index is 13.1. The molecule has 0 saturated heterocycles. The third-order valence-electron chi connectivity index (χ3n) is 6.53. The maximum Gasteiger partial charge on any atom is 0.323 e.